The van der Waals surface area contributed by atoms with Crippen molar-refractivity contribution in [1.29, 1.82) is 0 Å². The Labute approximate surface area is 284 Å². The zero-order chi connectivity index (χ0) is 34.7. The van der Waals surface area contributed by atoms with Gasteiger partial charge in [-0.25, -0.2) is 0 Å². The van der Waals surface area contributed by atoms with Gasteiger partial charge in [0.2, 0.25) is 5.91 Å². The van der Waals surface area contributed by atoms with E-state index >= 15 is 0 Å². The van der Waals surface area contributed by atoms with Crippen LogP contribution < -0.4 is 4.74 Å². The third-order valence-corrected chi connectivity index (χ3v) is 11.4. The van der Waals surface area contributed by atoms with E-state index in [4.69, 9.17) is 14.2 Å². The first-order valence-electron chi connectivity index (χ1n) is 17.0. The van der Waals surface area contributed by atoms with Gasteiger partial charge in [-0.05, 0) is 66.3 Å². The minimum atomic E-state index is -1.44. The molecule has 0 aromatic heterocycles. The molecule has 1 heterocycles. The number of Topliss-reactive ketones (excluding diaryl/α,β-unsaturated/α-hetero) is 1. The van der Waals surface area contributed by atoms with Gasteiger partial charge in [-0.1, -0.05) is 44.8 Å². The molecule has 258 valence electrons. The average Bonchev–Trinajstić information content (AvgIpc) is 3.54. The molecule has 2 aromatic rings. The Bertz CT molecular complexity index is 1550. The second-order valence-electron chi connectivity index (χ2n) is 14.6. The zero-order valence-electron chi connectivity index (χ0n) is 29.0. The number of benzene rings is 2. The van der Waals surface area contributed by atoms with Crippen molar-refractivity contribution in [3.8, 4) is 5.75 Å². The van der Waals surface area contributed by atoms with Gasteiger partial charge in [0.15, 0.2) is 0 Å². The molecule has 3 aliphatic carbocycles. The quantitative estimate of drug-likeness (QED) is 0.223. The number of ketones is 1. The van der Waals surface area contributed by atoms with E-state index in [0.717, 1.165) is 23.6 Å². The van der Waals surface area contributed by atoms with Gasteiger partial charge in [-0.15, -0.1) is 0 Å². The number of ether oxygens (including phenoxy) is 3. The average molecular weight is 677 g/mol. The molecule has 11 heteroatoms. The van der Waals surface area contributed by atoms with E-state index in [9.17, 15) is 24.0 Å². The van der Waals surface area contributed by atoms with Crippen LogP contribution in [0.15, 0.2) is 42.5 Å². The second kappa shape index (κ2) is 14.6. The molecule has 0 radical (unpaired) electrons. The molecule has 1 unspecified atom stereocenters. The molecule has 2 amide bonds. The third kappa shape index (κ3) is 7.51. The number of hydrogen-bond donors (Lipinski definition) is 0. The van der Waals surface area contributed by atoms with Gasteiger partial charge in [0.05, 0.1) is 31.0 Å². The lowest BCUT2D eigenvalue weighted by Gasteiger charge is -2.46. The lowest BCUT2D eigenvalue weighted by atomic mass is 9.55. The number of carbonyl (C=O) groups is 5. The Balaban J connectivity index is 1.31. The van der Waals surface area contributed by atoms with Crippen molar-refractivity contribution in [2.75, 3.05) is 33.9 Å². The van der Waals surface area contributed by atoms with Gasteiger partial charge in [0.1, 0.15) is 24.2 Å². The summed E-state index contributed by atoms with van der Waals surface area (Å²) in [6.07, 6.45) is 2.26. The normalized spacial score (nSPS) is 23.0. The summed E-state index contributed by atoms with van der Waals surface area (Å²) in [6.45, 7) is 9.81. The SMILES string of the molecule is CCCOC(=O)[C@H]1[C@H](C(=O)OCC[Si](C)(C)C)C2CC(=O)[C@H]1c1cc(OCc3ccc(C(=O)N4CCC[C@H]4C(=O)N(C)C)cc3)ccc12. The van der Waals surface area contributed by atoms with Crippen LogP contribution >= 0.6 is 0 Å². The van der Waals surface area contributed by atoms with E-state index in [2.05, 4.69) is 19.6 Å². The van der Waals surface area contributed by atoms with Gasteiger partial charge in [0.25, 0.3) is 5.91 Å². The summed E-state index contributed by atoms with van der Waals surface area (Å²) in [5.41, 5.74) is 2.92. The summed E-state index contributed by atoms with van der Waals surface area (Å²) in [5.74, 6) is -3.77. The summed E-state index contributed by atoms with van der Waals surface area (Å²) >= 11 is 0. The first-order chi connectivity index (χ1) is 22.8. The van der Waals surface area contributed by atoms with Crippen LogP contribution in [-0.4, -0.2) is 87.3 Å². The highest BCUT2D eigenvalue weighted by Gasteiger charge is 2.58. The summed E-state index contributed by atoms with van der Waals surface area (Å²) in [6, 6.07) is 13.1. The molecular weight excluding hydrogens is 628 g/mol. The van der Waals surface area contributed by atoms with Gasteiger partial charge in [-0.2, -0.15) is 0 Å². The number of fused-ring (bicyclic) bond motifs is 2. The van der Waals surface area contributed by atoms with Crippen LogP contribution in [0.4, 0.5) is 0 Å². The Morgan fingerprint density at radius 2 is 1.60 bits per heavy atom. The van der Waals surface area contributed by atoms with Gasteiger partial charge >= 0.3 is 11.9 Å². The third-order valence-electron chi connectivity index (χ3n) is 9.68. The molecule has 10 nitrogen and oxygen atoms in total. The van der Waals surface area contributed by atoms with Crippen molar-refractivity contribution in [2.24, 2.45) is 11.8 Å². The maximum atomic E-state index is 13.5. The number of hydrogen-bond acceptors (Lipinski definition) is 8. The van der Waals surface area contributed by atoms with E-state index < -0.39 is 49.7 Å². The highest BCUT2D eigenvalue weighted by atomic mass is 28.3. The smallest absolute Gasteiger partial charge is 0.310 e. The maximum absolute atomic E-state index is 13.5. The van der Waals surface area contributed by atoms with Crippen molar-refractivity contribution in [1.82, 2.24) is 9.80 Å². The van der Waals surface area contributed by atoms with Crippen molar-refractivity contribution in [2.45, 2.75) is 82.8 Å². The number of likely N-dealkylation sites (tertiary alicyclic amines) is 1. The van der Waals surface area contributed by atoms with E-state index in [1.807, 2.05) is 37.3 Å². The first kappa shape index (κ1) is 35.3. The number of esters is 2. The lowest BCUT2D eigenvalue weighted by molar-refractivity contribution is -0.167. The summed E-state index contributed by atoms with van der Waals surface area (Å²) < 4.78 is 17.4. The first-order valence-corrected chi connectivity index (χ1v) is 20.7. The van der Waals surface area contributed by atoms with Crippen molar-refractivity contribution >= 4 is 37.6 Å². The number of rotatable bonds is 12. The molecule has 2 fully saturated rings. The van der Waals surface area contributed by atoms with Crippen LogP contribution in [0.2, 0.25) is 25.7 Å². The zero-order valence-corrected chi connectivity index (χ0v) is 30.0. The molecule has 5 atom stereocenters. The molecule has 2 aromatic carbocycles. The monoisotopic (exact) mass is 676 g/mol. The van der Waals surface area contributed by atoms with Crippen molar-refractivity contribution in [3.63, 3.8) is 0 Å². The molecule has 4 aliphatic rings. The fourth-order valence-corrected chi connectivity index (χ4v) is 7.85. The van der Waals surface area contributed by atoms with Crippen LogP contribution in [0.25, 0.3) is 0 Å². The van der Waals surface area contributed by atoms with E-state index in [1.54, 1.807) is 31.1 Å². The minimum absolute atomic E-state index is 0.0667. The number of amides is 2. The van der Waals surface area contributed by atoms with Crippen LogP contribution in [0, 0.1) is 11.8 Å². The van der Waals surface area contributed by atoms with E-state index in [0.29, 0.717) is 42.9 Å². The summed E-state index contributed by atoms with van der Waals surface area (Å²) in [4.78, 5) is 69.4. The fourth-order valence-electron chi connectivity index (χ4n) is 7.14. The molecule has 48 heavy (non-hydrogen) atoms. The molecule has 0 spiro atoms. The number of likely N-dealkylation sites (N-methyl/N-ethyl adjacent to an activating group) is 1. The van der Waals surface area contributed by atoms with Crippen molar-refractivity contribution < 1.29 is 38.2 Å². The predicted octanol–water partition coefficient (Wildman–Crippen LogP) is 5.18. The molecule has 1 aliphatic heterocycles. The fraction of sp³-hybridized carbons (Fsp3) is 0.541. The lowest BCUT2D eigenvalue weighted by Crippen LogP contribution is -2.50. The standard InChI is InChI=1S/C37H48N2O8Si/c1-7-17-45-37(44)33-31-27-20-25(14-15-26(27)28(21-30(31)40)32(33)36(43)46-18-19-48(4,5)6)47-22-23-10-12-24(13-11-23)34(41)39-16-8-9-29(39)35(42)38(2)3/h10-15,20,28-29,31-33H,7-9,16-19,21-22H2,1-6H3/t28?,29-,31+,32+,33+/m0/s1. The van der Waals surface area contributed by atoms with Crippen LogP contribution in [-0.2, 0) is 35.3 Å². The van der Waals surface area contributed by atoms with Crippen LogP contribution in [0.5, 0.6) is 5.75 Å². The maximum Gasteiger partial charge on any atom is 0.310 e. The van der Waals surface area contributed by atoms with Gasteiger partial charge in [-0.3, -0.25) is 24.0 Å². The second-order valence-corrected chi connectivity index (χ2v) is 20.2. The Morgan fingerprint density at radius 3 is 2.27 bits per heavy atom. The molecule has 6 rings (SSSR count). The van der Waals surface area contributed by atoms with Crippen LogP contribution in [0.3, 0.4) is 0 Å². The molecule has 1 saturated heterocycles. The highest BCUT2D eigenvalue weighted by molar-refractivity contribution is 6.76. The topological polar surface area (TPSA) is 120 Å². The summed E-state index contributed by atoms with van der Waals surface area (Å²) in [7, 11) is 1.96. The summed E-state index contributed by atoms with van der Waals surface area (Å²) in [5, 5.41) is 0. The molecule has 1 saturated carbocycles. The predicted molar refractivity (Wildman–Crippen MR) is 182 cm³/mol. The molecular formula is C37H48N2O8Si. The van der Waals surface area contributed by atoms with Gasteiger partial charge < -0.3 is 24.0 Å². The molecule has 0 N–H and O–H groups in total. The Morgan fingerprint density at radius 1 is 0.917 bits per heavy atom. The Hall–Kier alpha value is -3.99. The number of carbonyl (C=O) groups excluding carboxylic acids is 5. The van der Waals surface area contributed by atoms with Crippen molar-refractivity contribution in [3.05, 3.63) is 64.7 Å². The minimum Gasteiger partial charge on any atom is -0.489 e. The highest BCUT2D eigenvalue weighted by Crippen LogP contribution is 2.55. The van der Waals surface area contributed by atoms with E-state index in [-0.39, 0.29) is 37.2 Å². The van der Waals surface area contributed by atoms with Gasteiger partial charge in [0, 0.05) is 46.6 Å². The molecule has 2 bridgehead atoms. The van der Waals surface area contributed by atoms with E-state index in [1.165, 1.54) is 4.90 Å². The largest absolute Gasteiger partial charge is 0.489 e. The number of nitrogens with zero attached hydrogens (tertiary/aromatic N) is 2. The van der Waals surface area contributed by atoms with Crippen LogP contribution in [0.1, 0.15) is 71.5 Å². The Kier molecular flexibility index (Phi) is 10.8.